The summed E-state index contributed by atoms with van der Waals surface area (Å²) in [5.41, 5.74) is 10.3. The molecule has 1 unspecified atom stereocenters. The topological polar surface area (TPSA) is 26.0 Å². The molecule has 0 aliphatic carbocycles. The first-order valence-electron chi connectivity index (χ1n) is 5.77. The van der Waals surface area contributed by atoms with Crippen molar-refractivity contribution in [2.24, 2.45) is 11.1 Å². The molecule has 0 aliphatic heterocycles. The van der Waals surface area contributed by atoms with Crippen LogP contribution in [0.1, 0.15) is 37.0 Å². The van der Waals surface area contributed by atoms with E-state index in [9.17, 15) is 0 Å². The second-order valence-electron chi connectivity index (χ2n) is 4.98. The molecular formula is C14H23N. The van der Waals surface area contributed by atoms with Crippen molar-refractivity contribution in [1.82, 2.24) is 0 Å². The SMILES string of the molecule is CCC(C)(CN)Cc1cc(C)ccc1C. The van der Waals surface area contributed by atoms with Crippen LogP contribution in [0.3, 0.4) is 0 Å². The molecule has 0 bridgehead atoms. The largest absolute Gasteiger partial charge is 0.330 e. The van der Waals surface area contributed by atoms with Crippen LogP contribution in [0.5, 0.6) is 0 Å². The van der Waals surface area contributed by atoms with Crippen LogP contribution in [0, 0.1) is 19.3 Å². The van der Waals surface area contributed by atoms with Crippen molar-refractivity contribution < 1.29 is 0 Å². The molecule has 1 rings (SSSR count). The first-order valence-corrected chi connectivity index (χ1v) is 5.77. The van der Waals surface area contributed by atoms with Gasteiger partial charge in [0.05, 0.1) is 0 Å². The monoisotopic (exact) mass is 205 g/mol. The molecule has 0 aliphatic rings. The summed E-state index contributed by atoms with van der Waals surface area (Å²) in [5, 5.41) is 0. The Balaban J connectivity index is 2.92. The normalized spacial score (nSPS) is 15.0. The third kappa shape index (κ3) is 3.07. The molecule has 0 radical (unpaired) electrons. The maximum Gasteiger partial charge on any atom is -0.00201 e. The molecule has 1 atom stereocenters. The van der Waals surface area contributed by atoms with Crippen LogP contribution in [-0.4, -0.2) is 6.54 Å². The van der Waals surface area contributed by atoms with Crippen molar-refractivity contribution in [3.05, 3.63) is 34.9 Å². The molecule has 84 valence electrons. The Morgan fingerprint density at radius 2 is 1.93 bits per heavy atom. The van der Waals surface area contributed by atoms with Gasteiger partial charge in [-0.1, -0.05) is 37.6 Å². The summed E-state index contributed by atoms with van der Waals surface area (Å²) in [6.45, 7) is 9.58. The van der Waals surface area contributed by atoms with Crippen LogP contribution in [0.4, 0.5) is 0 Å². The van der Waals surface area contributed by atoms with Crippen LogP contribution in [0.2, 0.25) is 0 Å². The molecule has 1 aromatic carbocycles. The quantitative estimate of drug-likeness (QED) is 0.802. The van der Waals surface area contributed by atoms with Crippen LogP contribution >= 0.6 is 0 Å². The van der Waals surface area contributed by atoms with Gasteiger partial charge in [-0.3, -0.25) is 0 Å². The molecule has 0 spiro atoms. The van der Waals surface area contributed by atoms with E-state index in [1.165, 1.54) is 16.7 Å². The van der Waals surface area contributed by atoms with Gasteiger partial charge in [0.15, 0.2) is 0 Å². The summed E-state index contributed by atoms with van der Waals surface area (Å²) in [4.78, 5) is 0. The van der Waals surface area contributed by atoms with Crippen molar-refractivity contribution >= 4 is 0 Å². The predicted molar refractivity (Wildman–Crippen MR) is 67.1 cm³/mol. The Morgan fingerprint density at radius 3 is 2.47 bits per heavy atom. The molecule has 0 fully saturated rings. The minimum Gasteiger partial charge on any atom is -0.330 e. The number of aryl methyl sites for hydroxylation is 2. The second-order valence-corrected chi connectivity index (χ2v) is 4.98. The average molecular weight is 205 g/mol. The van der Waals surface area contributed by atoms with E-state index >= 15 is 0 Å². The van der Waals surface area contributed by atoms with Gasteiger partial charge in [0.1, 0.15) is 0 Å². The number of benzene rings is 1. The molecule has 0 amide bonds. The van der Waals surface area contributed by atoms with Gasteiger partial charge in [0.25, 0.3) is 0 Å². The Bertz CT molecular complexity index is 324. The Labute approximate surface area is 93.7 Å². The standard InChI is InChI=1S/C14H23N/c1-5-14(4,10-15)9-13-8-11(2)6-7-12(13)3/h6-8H,5,9-10,15H2,1-4H3. The molecular weight excluding hydrogens is 182 g/mol. The highest BCUT2D eigenvalue weighted by Crippen LogP contribution is 2.27. The lowest BCUT2D eigenvalue weighted by Gasteiger charge is -2.27. The Kier molecular flexibility index (Phi) is 3.92. The predicted octanol–water partition coefficient (Wildman–Crippen LogP) is 3.22. The molecule has 0 saturated carbocycles. The van der Waals surface area contributed by atoms with Gasteiger partial charge in [-0.2, -0.15) is 0 Å². The average Bonchev–Trinajstić information content (AvgIpc) is 2.23. The van der Waals surface area contributed by atoms with E-state index in [0.717, 1.165) is 19.4 Å². The van der Waals surface area contributed by atoms with Crippen molar-refractivity contribution in [1.29, 1.82) is 0 Å². The Morgan fingerprint density at radius 1 is 1.27 bits per heavy atom. The summed E-state index contributed by atoms with van der Waals surface area (Å²) < 4.78 is 0. The molecule has 0 aromatic heterocycles. The number of hydrogen-bond acceptors (Lipinski definition) is 1. The van der Waals surface area contributed by atoms with Crippen LogP contribution in [0.25, 0.3) is 0 Å². The number of hydrogen-bond donors (Lipinski definition) is 1. The van der Waals surface area contributed by atoms with Gasteiger partial charge in [-0.25, -0.2) is 0 Å². The Hall–Kier alpha value is -0.820. The summed E-state index contributed by atoms with van der Waals surface area (Å²) in [6, 6.07) is 6.67. The summed E-state index contributed by atoms with van der Waals surface area (Å²) in [6.07, 6.45) is 2.23. The molecule has 0 heterocycles. The lowest BCUT2D eigenvalue weighted by Crippen LogP contribution is -2.29. The molecule has 2 N–H and O–H groups in total. The zero-order chi connectivity index (χ0) is 11.5. The molecule has 1 aromatic rings. The van der Waals surface area contributed by atoms with Crippen LogP contribution in [-0.2, 0) is 6.42 Å². The lowest BCUT2D eigenvalue weighted by atomic mass is 9.80. The maximum atomic E-state index is 5.85. The van der Waals surface area contributed by atoms with E-state index in [4.69, 9.17) is 5.73 Å². The highest BCUT2D eigenvalue weighted by molar-refractivity contribution is 5.31. The zero-order valence-corrected chi connectivity index (χ0v) is 10.4. The van der Waals surface area contributed by atoms with Gasteiger partial charge in [0, 0.05) is 0 Å². The minimum atomic E-state index is 0.249. The fourth-order valence-corrected chi connectivity index (χ4v) is 1.79. The zero-order valence-electron chi connectivity index (χ0n) is 10.4. The van der Waals surface area contributed by atoms with E-state index in [2.05, 4.69) is 45.9 Å². The summed E-state index contributed by atoms with van der Waals surface area (Å²) >= 11 is 0. The van der Waals surface area contributed by atoms with Crippen molar-refractivity contribution in [2.75, 3.05) is 6.54 Å². The minimum absolute atomic E-state index is 0.249. The van der Waals surface area contributed by atoms with Gasteiger partial charge >= 0.3 is 0 Å². The van der Waals surface area contributed by atoms with Crippen molar-refractivity contribution in [2.45, 2.75) is 40.5 Å². The van der Waals surface area contributed by atoms with Gasteiger partial charge in [-0.15, -0.1) is 0 Å². The van der Waals surface area contributed by atoms with E-state index in [1.54, 1.807) is 0 Å². The van der Waals surface area contributed by atoms with E-state index < -0.39 is 0 Å². The molecule has 0 saturated heterocycles. The third-order valence-corrected chi connectivity index (χ3v) is 3.47. The number of nitrogens with two attached hydrogens (primary N) is 1. The first kappa shape index (κ1) is 12.3. The van der Waals surface area contributed by atoms with Crippen molar-refractivity contribution in [3.8, 4) is 0 Å². The summed E-state index contributed by atoms with van der Waals surface area (Å²) in [5.74, 6) is 0. The molecule has 15 heavy (non-hydrogen) atoms. The van der Waals surface area contributed by atoms with Gasteiger partial charge in [-0.05, 0) is 49.8 Å². The smallest absolute Gasteiger partial charge is 0.00201 e. The van der Waals surface area contributed by atoms with Crippen molar-refractivity contribution in [3.63, 3.8) is 0 Å². The van der Waals surface area contributed by atoms with E-state index in [0.29, 0.717) is 0 Å². The molecule has 1 heteroatoms. The fraction of sp³-hybridized carbons (Fsp3) is 0.571. The second kappa shape index (κ2) is 4.80. The van der Waals surface area contributed by atoms with E-state index in [-0.39, 0.29) is 5.41 Å². The van der Waals surface area contributed by atoms with Gasteiger partial charge < -0.3 is 5.73 Å². The highest BCUT2D eigenvalue weighted by Gasteiger charge is 2.21. The molecule has 1 nitrogen and oxygen atoms in total. The van der Waals surface area contributed by atoms with Crippen LogP contribution in [0.15, 0.2) is 18.2 Å². The van der Waals surface area contributed by atoms with E-state index in [1.807, 2.05) is 0 Å². The fourth-order valence-electron chi connectivity index (χ4n) is 1.79. The maximum absolute atomic E-state index is 5.85. The first-order chi connectivity index (χ1) is 7.00. The number of rotatable bonds is 4. The summed E-state index contributed by atoms with van der Waals surface area (Å²) in [7, 11) is 0. The van der Waals surface area contributed by atoms with Crippen LogP contribution < -0.4 is 5.73 Å². The third-order valence-electron chi connectivity index (χ3n) is 3.47. The lowest BCUT2D eigenvalue weighted by molar-refractivity contribution is 0.320. The van der Waals surface area contributed by atoms with Gasteiger partial charge in [0.2, 0.25) is 0 Å². The highest BCUT2D eigenvalue weighted by atomic mass is 14.6.